The molecule has 80 valence electrons. The van der Waals surface area contributed by atoms with Crippen molar-refractivity contribution in [1.29, 1.82) is 0 Å². The summed E-state index contributed by atoms with van der Waals surface area (Å²) < 4.78 is 4.70. The van der Waals surface area contributed by atoms with Crippen LogP contribution in [-0.2, 0) is 14.9 Å². The molecule has 15 heavy (non-hydrogen) atoms. The van der Waals surface area contributed by atoms with E-state index < -0.39 is 0 Å². The van der Waals surface area contributed by atoms with Crippen LogP contribution in [0, 0.1) is 0 Å². The second kappa shape index (κ2) is 3.45. The van der Waals surface area contributed by atoms with E-state index in [4.69, 9.17) is 4.74 Å². The molecule has 1 saturated carbocycles. The van der Waals surface area contributed by atoms with Crippen LogP contribution in [0.4, 0.5) is 0 Å². The lowest BCUT2D eigenvalue weighted by Crippen LogP contribution is -2.19. The monoisotopic (exact) mass is 224 g/mol. The van der Waals surface area contributed by atoms with Crippen LogP contribution in [0.5, 0.6) is 0 Å². The molecule has 0 N–H and O–H groups in total. The van der Waals surface area contributed by atoms with Crippen molar-refractivity contribution in [1.82, 2.24) is 0 Å². The van der Waals surface area contributed by atoms with Gasteiger partial charge >= 0.3 is 5.97 Å². The first-order valence-corrected chi connectivity index (χ1v) is 5.67. The number of ether oxygens (including phenoxy) is 1. The first-order chi connectivity index (χ1) is 7.12. The Hall–Kier alpha value is -1.16. The number of thiophene rings is 1. The third kappa shape index (κ3) is 1.49. The number of rotatable bonds is 3. The van der Waals surface area contributed by atoms with Gasteiger partial charge in [-0.1, -0.05) is 0 Å². The molecule has 0 atom stereocenters. The maximum absolute atomic E-state index is 11.5. The summed E-state index contributed by atoms with van der Waals surface area (Å²) in [7, 11) is 1.36. The number of carbonyl (C=O) groups is 2. The molecule has 0 radical (unpaired) electrons. The van der Waals surface area contributed by atoms with Crippen LogP contribution in [-0.4, -0.2) is 18.9 Å². The fourth-order valence-electron chi connectivity index (χ4n) is 1.87. The van der Waals surface area contributed by atoms with E-state index in [1.807, 2.05) is 11.4 Å². The molecule has 1 fully saturated rings. The lowest BCUT2D eigenvalue weighted by atomic mass is 9.92. The average Bonchev–Trinajstić information content (AvgIpc) is 2.89. The zero-order chi connectivity index (χ0) is 11.1. The highest BCUT2D eigenvalue weighted by molar-refractivity contribution is 7.12. The Bertz CT molecular complexity index is 415. The van der Waals surface area contributed by atoms with E-state index in [1.54, 1.807) is 6.92 Å². The first kappa shape index (κ1) is 10.4. The minimum atomic E-state index is -0.385. The molecule has 1 aromatic rings. The molecule has 0 saturated heterocycles. The molecular weight excluding hydrogens is 212 g/mol. The summed E-state index contributed by atoms with van der Waals surface area (Å²) >= 11 is 1.34. The lowest BCUT2D eigenvalue weighted by Gasteiger charge is -2.11. The third-order valence-electron chi connectivity index (χ3n) is 2.98. The van der Waals surface area contributed by atoms with Crippen LogP contribution in [0.3, 0.4) is 0 Å². The maximum atomic E-state index is 11.5. The summed E-state index contributed by atoms with van der Waals surface area (Å²) in [6, 6.07) is 1.87. The van der Waals surface area contributed by atoms with Crippen molar-refractivity contribution in [2.45, 2.75) is 25.2 Å². The third-order valence-corrected chi connectivity index (χ3v) is 3.87. The number of esters is 1. The van der Waals surface area contributed by atoms with Gasteiger partial charge in [0, 0.05) is 0 Å². The molecule has 0 amide bonds. The van der Waals surface area contributed by atoms with Gasteiger partial charge in [0.05, 0.1) is 12.5 Å². The standard InChI is InChI=1S/C11H12O3S/c1-7(12)11(4-5-11)8-3-6-15-9(8)10(13)14-2/h3,6H,4-5H2,1-2H3. The van der Waals surface area contributed by atoms with Crippen molar-refractivity contribution in [3.05, 3.63) is 21.9 Å². The molecule has 1 aliphatic carbocycles. The highest BCUT2D eigenvalue weighted by Crippen LogP contribution is 2.51. The van der Waals surface area contributed by atoms with Gasteiger partial charge in [-0.2, -0.15) is 0 Å². The fourth-order valence-corrected chi connectivity index (χ4v) is 2.78. The molecule has 0 bridgehead atoms. The summed E-state index contributed by atoms with van der Waals surface area (Å²) in [6.07, 6.45) is 1.70. The first-order valence-electron chi connectivity index (χ1n) is 4.79. The Labute approximate surface area is 92.1 Å². The molecule has 0 aromatic carbocycles. The van der Waals surface area contributed by atoms with E-state index in [0.717, 1.165) is 18.4 Å². The summed E-state index contributed by atoms with van der Waals surface area (Å²) in [5.74, 6) is -0.196. The molecule has 1 aromatic heterocycles. The summed E-state index contributed by atoms with van der Waals surface area (Å²) in [4.78, 5) is 23.6. The topological polar surface area (TPSA) is 43.4 Å². The lowest BCUT2D eigenvalue weighted by molar-refractivity contribution is -0.119. The average molecular weight is 224 g/mol. The SMILES string of the molecule is COC(=O)c1sccc1C1(C(C)=O)CC1. The van der Waals surface area contributed by atoms with Gasteiger partial charge in [0.25, 0.3) is 0 Å². The van der Waals surface area contributed by atoms with Crippen LogP contribution in [0.25, 0.3) is 0 Å². The van der Waals surface area contributed by atoms with E-state index in [1.165, 1.54) is 18.4 Å². The van der Waals surface area contributed by atoms with Gasteiger partial charge < -0.3 is 4.74 Å². The number of Topliss-reactive ketones (excluding diaryl/α,β-unsaturated/α-hetero) is 1. The maximum Gasteiger partial charge on any atom is 0.348 e. The highest BCUT2D eigenvalue weighted by Gasteiger charge is 2.51. The Morgan fingerprint density at radius 3 is 2.60 bits per heavy atom. The summed E-state index contributed by atoms with van der Waals surface area (Å²) in [5, 5.41) is 1.84. The minimum Gasteiger partial charge on any atom is -0.465 e. The molecular formula is C11H12O3S. The van der Waals surface area contributed by atoms with Crippen LogP contribution in [0.1, 0.15) is 35.0 Å². The Kier molecular flexibility index (Phi) is 2.38. The molecule has 1 aliphatic rings. The molecule has 0 unspecified atom stereocenters. The van der Waals surface area contributed by atoms with Gasteiger partial charge in [0.1, 0.15) is 10.7 Å². The van der Waals surface area contributed by atoms with Crippen LogP contribution in [0.2, 0.25) is 0 Å². The number of ketones is 1. The normalized spacial score (nSPS) is 17.2. The summed E-state index contributed by atoms with van der Waals surface area (Å²) in [6.45, 7) is 1.59. The molecule has 0 spiro atoms. The van der Waals surface area contributed by atoms with E-state index in [-0.39, 0.29) is 17.2 Å². The number of hydrogen-bond donors (Lipinski definition) is 0. The van der Waals surface area contributed by atoms with E-state index in [9.17, 15) is 9.59 Å². The molecule has 2 rings (SSSR count). The number of methoxy groups -OCH3 is 1. The smallest absolute Gasteiger partial charge is 0.348 e. The van der Waals surface area contributed by atoms with Crippen LogP contribution in [0.15, 0.2) is 11.4 Å². The fraction of sp³-hybridized carbons (Fsp3) is 0.455. The van der Waals surface area contributed by atoms with E-state index >= 15 is 0 Å². The van der Waals surface area contributed by atoms with Gasteiger partial charge in [0.2, 0.25) is 0 Å². The number of hydrogen-bond acceptors (Lipinski definition) is 4. The highest BCUT2D eigenvalue weighted by atomic mass is 32.1. The van der Waals surface area contributed by atoms with Crippen molar-refractivity contribution in [2.75, 3.05) is 7.11 Å². The van der Waals surface area contributed by atoms with Crippen LogP contribution < -0.4 is 0 Å². The predicted molar refractivity (Wildman–Crippen MR) is 57.3 cm³/mol. The number of carbonyl (C=O) groups excluding carboxylic acids is 2. The molecule has 4 heteroatoms. The van der Waals surface area contributed by atoms with Crippen LogP contribution >= 0.6 is 11.3 Å². The zero-order valence-corrected chi connectivity index (χ0v) is 9.52. The largest absolute Gasteiger partial charge is 0.465 e. The van der Waals surface area contributed by atoms with Crippen molar-refractivity contribution in [3.8, 4) is 0 Å². The second-order valence-electron chi connectivity index (χ2n) is 3.79. The van der Waals surface area contributed by atoms with E-state index in [2.05, 4.69) is 0 Å². The molecule has 1 heterocycles. The summed E-state index contributed by atoms with van der Waals surface area (Å²) in [5.41, 5.74) is 0.468. The predicted octanol–water partition coefficient (Wildman–Crippen LogP) is 2.16. The van der Waals surface area contributed by atoms with Gasteiger partial charge in [0.15, 0.2) is 0 Å². The van der Waals surface area contributed by atoms with Gasteiger partial charge in [-0.3, -0.25) is 4.79 Å². The minimum absolute atomic E-state index is 0.144. The zero-order valence-electron chi connectivity index (χ0n) is 8.70. The van der Waals surface area contributed by atoms with Crippen molar-refractivity contribution in [3.63, 3.8) is 0 Å². The van der Waals surface area contributed by atoms with Crippen molar-refractivity contribution < 1.29 is 14.3 Å². The van der Waals surface area contributed by atoms with Crippen molar-refractivity contribution >= 4 is 23.1 Å². The van der Waals surface area contributed by atoms with Gasteiger partial charge in [-0.25, -0.2) is 4.79 Å². The Balaban J connectivity index is 2.42. The van der Waals surface area contributed by atoms with Gasteiger partial charge in [-0.15, -0.1) is 11.3 Å². The van der Waals surface area contributed by atoms with Gasteiger partial charge in [-0.05, 0) is 36.8 Å². The Morgan fingerprint density at radius 2 is 2.13 bits per heavy atom. The van der Waals surface area contributed by atoms with E-state index in [0.29, 0.717) is 4.88 Å². The Morgan fingerprint density at radius 1 is 1.47 bits per heavy atom. The molecule has 0 aliphatic heterocycles. The molecule has 3 nitrogen and oxygen atoms in total. The quantitative estimate of drug-likeness (QED) is 0.739. The van der Waals surface area contributed by atoms with Crippen molar-refractivity contribution in [2.24, 2.45) is 0 Å². The second-order valence-corrected chi connectivity index (χ2v) is 4.71.